The highest BCUT2D eigenvalue weighted by molar-refractivity contribution is 5.95. The number of nitrogens with zero attached hydrogens (tertiary/aromatic N) is 2. The molecule has 0 unspecified atom stereocenters. The Hall–Kier alpha value is -2.84. The monoisotopic (exact) mass is 518 g/mol. The van der Waals surface area contributed by atoms with Gasteiger partial charge in [0.25, 0.3) is 0 Å². The zero-order valence-corrected chi connectivity index (χ0v) is 17.6. The molecule has 6 atom stereocenters. The van der Waals surface area contributed by atoms with Gasteiger partial charge < -0.3 is 20.9 Å². The van der Waals surface area contributed by atoms with Gasteiger partial charge in [-0.15, -0.1) is 0 Å². The Morgan fingerprint density at radius 2 is 2.03 bits per heavy atom. The number of likely N-dealkylation sites (tertiary alicyclic amines) is 1. The standard InChI is InChI=1S/C23H32F3N5O4/c1-21(2,3)16(30-20(35)23(24,25)26)19(34)31-10-13-14(22(13,4)5)15(31)18(33)29-12(9-27)8-11-6-7-28-17(11)32/h11-16H,6-8,10H2,1-5H3,(H,28,32)(H,29,33)(H,30,35)/t11-,12-,13-,14-,15-,16+/m0/s1/i1D3,2D3,3D3,4D3,5D3,7D2,11D,15D. The predicted molar refractivity (Wildman–Crippen MR) is 117 cm³/mol. The number of piperidine rings is 1. The summed E-state index contributed by atoms with van der Waals surface area (Å²) in [6.45, 7) is -24.8. The first kappa shape index (κ1) is 11.0. The van der Waals surface area contributed by atoms with E-state index in [-0.39, 0.29) is 4.90 Å². The van der Waals surface area contributed by atoms with Crippen molar-refractivity contribution in [2.24, 2.45) is 28.6 Å². The number of nitrogens with one attached hydrogen (secondary N) is 3. The molecule has 1 aliphatic carbocycles. The molecule has 0 bridgehead atoms. The van der Waals surface area contributed by atoms with E-state index < -0.39 is 137 Å². The molecule has 9 nitrogen and oxygen atoms in total. The van der Waals surface area contributed by atoms with Gasteiger partial charge in [0.1, 0.15) is 18.1 Å². The highest BCUT2D eigenvalue weighted by atomic mass is 19.4. The van der Waals surface area contributed by atoms with Gasteiger partial charge in [-0.3, -0.25) is 19.2 Å². The Morgan fingerprint density at radius 1 is 1.34 bits per heavy atom. The van der Waals surface area contributed by atoms with Crippen LogP contribution in [0.3, 0.4) is 0 Å². The van der Waals surface area contributed by atoms with Crippen molar-refractivity contribution in [1.82, 2.24) is 20.9 Å². The molecule has 2 aliphatic heterocycles. The van der Waals surface area contributed by atoms with Crippen molar-refractivity contribution in [1.29, 1.82) is 5.26 Å². The van der Waals surface area contributed by atoms with E-state index >= 15 is 0 Å². The van der Waals surface area contributed by atoms with Gasteiger partial charge in [0, 0.05) is 43.6 Å². The molecular formula is C23H32F3N5O4. The lowest BCUT2D eigenvalue weighted by molar-refractivity contribution is -0.176. The van der Waals surface area contributed by atoms with Gasteiger partial charge in [0.05, 0.1) is 7.44 Å². The van der Waals surface area contributed by atoms with Crippen LogP contribution in [-0.4, -0.2) is 65.8 Å². The SMILES string of the molecule is [2H]C1([2H])C[C@@]([2H])(C[C@@H](C#N)NC(=O)[C@]2([2H])[C@@H]3[C@H](CN2C(=O)[C@@H](NC(=O)C(F)(F)F)C(C([2H])([2H])[2H])(C([2H])([2H])[2H])C([2H])([2H])[2H])C3(C([2H])([2H])[2H])C([2H])([2H])[2H])C(=O)N1. The Morgan fingerprint density at radius 3 is 2.54 bits per heavy atom. The molecular weight excluding hydrogens is 467 g/mol. The molecule has 0 aromatic rings. The molecule has 2 heterocycles. The first-order valence-electron chi connectivity index (χ1n) is 19.4. The number of hydrogen-bond donors (Lipinski definition) is 3. The Bertz CT molecular complexity index is 1570. The van der Waals surface area contributed by atoms with Gasteiger partial charge in [-0.25, -0.2) is 0 Å². The van der Waals surface area contributed by atoms with Gasteiger partial charge >= 0.3 is 12.1 Å². The summed E-state index contributed by atoms with van der Waals surface area (Å²) >= 11 is 0. The van der Waals surface area contributed by atoms with Gasteiger partial charge in [-0.2, -0.15) is 18.4 Å². The van der Waals surface area contributed by atoms with Crippen LogP contribution >= 0.6 is 0 Å². The summed E-state index contributed by atoms with van der Waals surface area (Å²) in [6.07, 6.45) is -8.07. The van der Waals surface area contributed by atoms with Crippen LogP contribution in [0.2, 0.25) is 0 Å². The molecule has 4 amide bonds. The average Bonchev–Trinajstić information content (AvgIpc) is 3.46. The molecule has 3 fully saturated rings. The third-order valence-electron chi connectivity index (χ3n) is 5.78. The molecule has 0 radical (unpaired) electrons. The number of fused-ring (bicyclic) bond motifs is 1. The van der Waals surface area contributed by atoms with E-state index in [0.717, 1.165) is 5.32 Å². The fourth-order valence-corrected chi connectivity index (χ4v) is 3.95. The summed E-state index contributed by atoms with van der Waals surface area (Å²) in [5, 5.41) is 14.2. The van der Waals surface area contributed by atoms with E-state index in [2.05, 4.69) is 0 Å². The van der Waals surface area contributed by atoms with Gasteiger partial charge in [-0.1, -0.05) is 34.3 Å². The van der Waals surface area contributed by atoms with Crippen molar-refractivity contribution in [3.8, 4) is 6.07 Å². The van der Waals surface area contributed by atoms with Crippen molar-refractivity contribution < 1.29 is 58.4 Å². The van der Waals surface area contributed by atoms with Gasteiger partial charge in [0.2, 0.25) is 17.7 Å². The number of carbonyl (C=O) groups is 4. The van der Waals surface area contributed by atoms with Crippen molar-refractivity contribution >= 4 is 23.6 Å². The van der Waals surface area contributed by atoms with Crippen LogP contribution in [0.5, 0.6) is 0 Å². The minimum Gasteiger partial charge on any atom is -0.356 e. The van der Waals surface area contributed by atoms with Crippen LogP contribution in [-0.2, 0) is 19.2 Å². The summed E-state index contributed by atoms with van der Waals surface area (Å²) in [5.74, 6) is -16.1. The van der Waals surface area contributed by atoms with E-state index in [4.69, 9.17) is 24.7 Å². The topological polar surface area (TPSA) is 131 Å². The van der Waals surface area contributed by atoms with Crippen LogP contribution < -0.4 is 16.0 Å². The molecule has 2 saturated heterocycles. The maximum absolute atomic E-state index is 14.4. The summed E-state index contributed by atoms with van der Waals surface area (Å²) in [6, 6.07) is -8.39. The quantitative estimate of drug-likeness (QED) is 0.485. The maximum Gasteiger partial charge on any atom is 0.471 e. The maximum atomic E-state index is 14.4. The molecule has 194 valence electrons. The van der Waals surface area contributed by atoms with Crippen LogP contribution in [0, 0.1) is 39.9 Å². The lowest BCUT2D eigenvalue weighted by Crippen LogP contribution is -2.61. The second-order valence-corrected chi connectivity index (χ2v) is 8.27. The van der Waals surface area contributed by atoms with Crippen LogP contribution in [0.25, 0.3) is 0 Å². The molecule has 35 heavy (non-hydrogen) atoms. The van der Waals surface area contributed by atoms with Crippen LogP contribution in [0.1, 0.15) is 73.1 Å². The van der Waals surface area contributed by atoms with Crippen molar-refractivity contribution in [2.45, 2.75) is 71.4 Å². The summed E-state index contributed by atoms with van der Waals surface area (Å²) < 4.78 is 193. The van der Waals surface area contributed by atoms with Gasteiger partial charge in [0.15, 0.2) is 0 Å². The third-order valence-corrected chi connectivity index (χ3v) is 5.78. The first-order valence-corrected chi connectivity index (χ1v) is 9.89. The molecule has 3 rings (SSSR count). The van der Waals surface area contributed by atoms with Crippen LogP contribution in [0.15, 0.2) is 0 Å². The normalized spacial score (nSPS) is 44.3. The molecule has 0 aromatic carbocycles. The predicted octanol–water partition coefficient (Wildman–Crippen LogP) is 1.10. The molecule has 0 spiro atoms. The Kier molecular flexibility index (Phi) is 2.84. The Balaban J connectivity index is 2.33. The minimum atomic E-state index is -6.07. The summed E-state index contributed by atoms with van der Waals surface area (Å²) in [5.41, 5.74) is -7.78. The van der Waals surface area contributed by atoms with Crippen LogP contribution in [0.4, 0.5) is 13.2 Å². The highest BCUT2D eigenvalue weighted by Gasteiger charge is 2.70. The number of halogens is 3. The number of alkyl halides is 3. The average molecular weight is 519 g/mol. The molecule has 3 N–H and O–H groups in total. The fourth-order valence-electron chi connectivity index (χ4n) is 3.95. The first-order chi connectivity index (χ1) is 23.7. The lowest BCUT2D eigenvalue weighted by Gasteiger charge is -2.37. The number of nitriles is 1. The van der Waals surface area contributed by atoms with Crippen molar-refractivity contribution in [3.63, 3.8) is 0 Å². The molecule has 3 aliphatic rings. The molecule has 12 heteroatoms. The van der Waals surface area contributed by atoms with E-state index in [0.29, 0.717) is 0 Å². The second-order valence-electron chi connectivity index (χ2n) is 8.27. The largest absolute Gasteiger partial charge is 0.471 e. The summed E-state index contributed by atoms with van der Waals surface area (Å²) in [7, 11) is 0. The highest BCUT2D eigenvalue weighted by Crippen LogP contribution is 2.65. The minimum absolute atomic E-state index is 0.279. The van der Waals surface area contributed by atoms with E-state index in [1.165, 1.54) is 6.07 Å². The second kappa shape index (κ2) is 8.99. The lowest BCUT2D eigenvalue weighted by atomic mass is 9.85. The zero-order valence-electron chi connectivity index (χ0n) is 36.6. The number of hydrogen-bond acceptors (Lipinski definition) is 5. The van der Waals surface area contributed by atoms with E-state index in [9.17, 15) is 39.0 Å². The smallest absolute Gasteiger partial charge is 0.356 e. The summed E-state index contributed by atoms with van der Waals surface area (Å²) in [4.78, 5) is 52.9. The van der Waals surface area contributed by atoms with E-state index in [1.54, 1.807) is 5.32 Å². The van der Waals surface area contributed by atoms with Crippen molar-refractivity contribution in [2.75, 3.05) is 13.0 Å². The fraction of sp³-hybridized carbons (Fsp3) is 0.783. The third kappa shape index (κ3) is 5.23. The number of carbonyl (C=O) groups excluding carboxylic acids is 4. The van der Waals surface area contributed by atoms with E-state index in [1.807, 2.05) is 5.32 Å². The number of rotatable bonds is 6. The van der Waals surface area contributed by atoms with Crippen molar-refractivity contribution in [3.05, 3.63) is 0 Å². The van der Waals surface area contributed by atoms with Gasteiger partial charge in [-0.05, 0) is 35.5 Å². The number of amides is 4. The molecule has 1 saturated carbocycles. The zero-order chi connectivity index (χ0) is 42.6. The molecule has 0 aromatic heterocycles. The Labute approximate surface area is 228 Å².